The molecule has 0 atom stereocenters. The molecule has 0 spiro atoms. The van der Waals surface area contributed by atoms with Gasteiger partial charge < -0.3 is 4.90 Å². The molecule has 1 nitrogen and oxygen atoms in total. The van der Waals surface area contributed by atoms with E-state index in [0.29, 0.717) is 0 Å². The van der Waals surface area contributed by atoms with Crippen molar-refractivity contribution in [2.75, 3.05) is 4.90 Å². The first-order valence-corrected chi connectivity index (χ1v) is 23.6. The van der Waals surface area contributed by atoms with Gasteiger partial charge in [-0.05, 0) is 162 Å². The highest BCUT2D eigenvalue weighted by Gasteiger charge is 2.19. The minimum absolute atomic E-state index is 1.12. The van der Waals surface area contributed by atoms with Gasteiger partial charge in [0.2, 0.25) is 0 Å². The molecule has 14 rings (SSSR count). The summed E-state index contributed by atoms with van der Waals surface area (Å²) in [4.78, 5) is 3.68. The van der Waals surface area contributed by atoms with Gasteiger partial charge >= 0.3 is 0 Å². The quantitative estimate of drug-likeness (QED) is 0.156. The second kappa shape index (κ2) is 14.6. The molecular formula is C64H39NS. The Balaban J connectivity index is 0.930. The van der Waals surface area contributed by atoms with Crippen molar-refractivity contribution in [1.29, 1.82) is 0 Å². The highest BCUT2D eigenvalue weighted by Crippen LogP contribution is 2.46. The van der Waals surface area contributed by atoms with Crippen molar-refractivity contribution in [3.05, 3.63) is 237 Å². The molecule has 1 heterocycles. The summed E-state index contributed by atoms with van der Waals surface area (Å²) in [5.41, 5.74) is 5.87. The second-order valence-corrected chi connectivity index (χ2v) is 18.6. The summed E-state index contributed by atoms with van der Waals surface area (Å²) in [7, 11) is 0. The first-order valence-electron chi connectivity index (χ1n) is 22.7. The fraction of sp³-hybridized carbons (Fsp3) is 0. The summed E-state index contributed by atoms with van der Waals surface area (Å²) < 4.78 is 0. The third-order valence-corrected chi connectivity index (χ3v) is 15.1. The predicted octanol–water partition coefficient (Wildman–Crippen LogP) is 18.9. The van der Waals surface area contributed by atoms with E-state index >= 15 is 0 Å². The summed E-state index contributed by atoms with van der Waals surface area (Å²) in [6.07, 6.45) is 0. The molecule has 0 aliphatic heterocycles. The predicted molar refractivity (Wildman–Crippen MR) is 287 cm³/mol. The van der Waals surface area contributed by atoms with Crippen LogP contribution in [0.2, 0.25) is 0 Å². The summed E-state index contributed by atoms with van der Waals surface area (Å²) in [5.74, 6) is 0. The lowest BCUT2D eigenvalue weighted by Crippen LogP contribution is -2.08. The number of hydrogen-bond donors (Lipinski definition) is 0. The van der Waals surface area contributed by atoms with E-state index in [1.54, 1.807) is 0 Å². The van der Waals surface area contributed by atoms with Crippen LogP contribution in [0.1, 0.15) is 0 Å². The minimum Gasteiger partial charge on any atom is -0.302 e. The minimum atomic E-state index is 1.12. The van der Waals surface area contributed by atoms with Crippen molar-refractivity contribution in [3.8, 4) is 21.6 Å². The summed E-state index contributed by atoms with van der Waals surface area (Å²) in [6.45, 7) is 0. The zero-order valence-electron chi connectivity index (χ0n) is 35.9. The number of thiophene rings is 1. The maximum absolute atomic E-state index is 2.45. The molecule has 13 aromatic carbocycles. The zero-order valence-corrected chi connectivity index (χ0v) is 36.7. The van der Waals surface area contributed by atoms with E-state index in [2.05, 4.69) is 241 Å². The Morgan fingerprint density at radius 2 is 0.515 bits per heavy atom. The smallest absolute Gasteiger partial charge is 0.101 e. The molecule has 0 saturated heterocycles. The van der Waals surface area contributed by atoms with Crippen LogP contribution < -0.4 is 4.90 Å². The Kier molecular flexibility index (Phi) is 8.22. The molecule has 0 bridgehead atoms. The number of rotatable bonds is 5. The average molecular weight is 854 g/mol. The standard InChI is InChI=1S/C64H39NS/c1-4-19-51-45(13-1)48-16-7-10-22-54(48)60-37-41(27-32-57(51)60)40-25-29-43(30-26-40)65(44-31-34-59-53-21-6-3-15-47(53)50-18-9-12-24-56(50)62(59)39-44)64-36-35-63(66-64)42-28-33-58-52-20-5-2-14-46(52)49-17-8-11-23-55(49)61(58)38-42/h1-39H. The molecule has 0 aliphatic rings. The molecule has 0 fully saturated rings. The van der Waals surface area contributed by atoms with Gasteiger partial charge in [-0.1, -0.05) is 188 Å². The first kappa shape index (κ1) is 37.1. The van der Waals surface area contributed by atoms with E-state index in [1.807, 2.05) is 11.3 Å². The number of anilines is 3. The molecule has 0 saturated carbocycles. The molecule has 0 unspecified atom stereocenters. The van der Waals surface area contributed by atoms with Gasteiger partial charge in [0.1, 0.15) is 5.00 Å². The monoisotopic (exact) mass is 853 g/mol. The van der Waals surface area contributed by atoms with Gasteiger partial charge in [0.15, 0.2) is 0 Å². The summed E-state index contributed by atoms with van der Waals surface area (Å²) >= 11 is 1.84. The zero-order chi connectivity index (χ0) is 43.3. The van der Waals surface area contributed by atoms with Gasteiger partial charge in [-0.2, -0.15) is 0 Å². The second-order valence-electron chi connectivity index (χ2n) is 17.5. The van der Waals surface area contributed by atoms with Crippen molar-refractivity contribution in [2.45, 2.75) is 0 Å². The number of nitrogens with zero attached hydrogens (tertiary/aromatic N) is 1. The van der Waals surface area contributed by atoms with Crippen LogP contribution in [0.25, 0.3) is 119 Å². The molecule has 2 heteroatoms. The first-order chi connectivity index (χ1) is 32.7. The number of fused-ring (bicyclic) bond motifs is 18. The van der Waals surface area contributed by atoms with Crippen LogP contribution in [0.3, 0.4) is 0 Å². The maximum Gasteiger partial charge on any atom is 0.101 e. The lowest BCUT2D eigenvalue weighted by atomic mass is 9.92. The summed E-state index contributed by atoms with van der Waals surface area (Å²) in [5, 5.41) is 24.3. The van der Waals surface area contributed by atoms with Crippen molar-refractivity contribution in [2.24, 2.45) is 0 Å². The summed E-state index contributed by atoms with van der Waals surface area (Å²) in [6, 6.07) is 87.8. The fourth-order valence-electron chi connectivity index (χ4n) is 11.0. The van der Waals surface area contributed by atoms with Crippen LogP contribution in [0, 0.1) is 0 Å². The molecule has 14 aromatic rings. The Labute approximate surface area is 385 Å². The fourth-order valence-corrected chi connectivity index (χ4v) is 12.0. The lowest BCUT2D eigenvalue weighted by Gasteiger charge is -2.25. The van der Waals surface area contributed by atoms with Gasteiger partial charge in [-0.25, -0.2) is 0 Å². The Morgan fingerprint density at radius 3 is 0.939 bits per heavy atom. The van der Waals surface area contributed by atoms with Gasteiger partial charge in [0.05, 0.1) is 0 Å². The van der Waals surface area contributed by atoms with Crippen LogP contribution in [0.4, 0.5) is 16.4 Å². The molecule has 0 amide bonds. The van der Waals surface area contributed by atoms with E-state index in [9.17, 15) is 0 Å². The lowest BCUT2D eigenvalue weighted by molar-refractivity contribution is 1.32. The molecule has 306 valence electrons. The average Bonchev–Trinajstić information content (AvgIpc) is 3.89. The van der Waals surface area contributed by atoms with E-state index in [-0.39, 0.29) is 0 Å². The molecule has 66 heavy (non-hydrogen) atoms. The van der Waals surface area contributed by atoms with Gasteiger partial charge in [0, 0.05) is 16.3 Å². The van der Waals surface area contributed by atoms with Crippen molar-refractivity contribution in [1.82, 2.24) is 0 Å². The van der Waals surface area contributed by atoms with E-state index < -0.39 is 0 Å². The van der Waals surface area contributed by atoms with Crippen LogP contribution in [0.5, 0.6) is 0 Å². The number of benzene rings is 13. The molecule has 0 radical (unpaired) electrons. The van der Waals surface area contributed by atoms with E-state index in [0.717, 1.165) is 16.4 Å². The molecular weight excluding hydrogens is 815 g/mol. The van der Waals surface area contributed by atoms with E-state index in [1.165, 1.54) is 119 Å². The maximum atomic E-state index is 2.45. The molecule has 1 aromatic heterocycles. The van der Waals surface area contributed by atoms with Gasteiger partial charge in [-0.15, -0.1) is 11.3 Å². The van der Waals surface area contributed by atoms with Crippen LogP contribution >= 0.6 is 11.3 Å². The van der Waals surface area contributed by atoms with E-state index in [4.69, 9.17) is 0 Å². The topological polar surface area (TPSA) is 3.24 Å². The highest BCUT2D eigenvalue weighted by molar-refractivity contribution is 7.19. The highest BCUT2D eigenvalue weighted by atomic mass is 32.1. The third-order valence-electron chi connectivity index (χ3n) is 14.0. The SMILES string of the molecule is c1ccc2c(c1)c1ccccc1c1cc(-c3ccc(N(c4ccc5c6ccccc6c6ccccc6c5c4)c4ccc(-c5ccc6c7ccccc7c7ccccc7c6c5)s4)cc3)ccc21. The molecule has 0 aliphatic carbocycles. The van der Waals surface area contributed by atoms with Gasteiger partial charge in [0.25, 0.3) is 0 Å². The normalized spacial score (nSPS) is 11.9. The van der Waals surface area contributed by atoms with Crippen molar-refractivity contribution >= 4 is 125 Å². The van der Waals surface area contributed by atoms with Crippen LogP contribution in [-0.2, 0) is 0 Å². The Morgan fingerprint density at radius 1 is 0.212 bits per heavy atom. The Hall–Kier alpha value is -8.30. The largest absolute Gasteiger partial charge is 0.302 e. The third kappa shape index (κ3) is 5.65. The van der Waals surface area contributed by atoms with Crippen molar-refractivity contribution < 1.29 is 0 Å². The van der Waals surface area contributed by atoms with Gasteiger partial charge in [-0.3, -0.25) is 0 Å². The van der Waals surface area contributed by atoms with Crippen LogP contribution in [-0.4, -0.2) is 0 Å². The molecule has 0 N–H and O–H groups in total. The Bertz CT molecular complexity index is 4190. The van der Waals surface area contributed by atoms with Crippen molar-refractivity contribution in [3.63, 3.8) is 0 Å². The van der Waals surface area contributed by atoms with Crippen LogP contribution in [0.15, 0.2) is 237 Å². The number of hydrogen-bond acceptors (Lipinski definition) is 2.